The highest BCUT2D eigenvalue weighted by atomic mass is 35.5. The van der Waals surface area contributed by atoms with Crippen molar-refractivity contribution in [2.45, 2.75) is 38.8 Å². The third-order valence-corrected chi connectivity index (χ3v) is 3.91. The van der Waals surface area contributed by atoms with Crippen LogP contribution in [-0.2, 0) is 11.3 Å². The maximum atomic E-state index is 6.24. The van der Waals surface area contributed by atoms with E-state index in [0.29, 0.717) is 6.10 Å². The molecule has 0 radical (unpaired) electrons. The quantitative estimate of drug-likeness (QED) is 0.875. The van der Waals surface area contributed by atoms with Crippen LogP contribution in [0.15, 0.2) is 12.1 Å². The lowest BCUT2D eigenvalue weighted by Crippen LogP contribution is -2.39. The molecule has 20 heavy (non-hydrogen) atoms. The first-order valence-electron chi connectivity index (χ1n) is 7.40. The van der Waals surface area contributed by atoms with Gasteiger partial charge in [0, 0.05) is 26.7 Å². The average Bonchev–Trinajstić information content (AvgIpc) is 2.48. The van der Waals surface area contributed by atoms with Crippen LogP contribution in [0.25, 0.3) is 0 Å². The summed E-state index contributed by atoms with van der Waals surface area (Å²) in [6, 6.07) is 3.81. The number of ether oxygens (including phenoxy) is 1. The van der Waals surface area contributed by atoms with Crippen molar-refractivity contribution in [1.29, 1.82) is 0 Å². The van der Waals surface area contributed by atoms with Gasteiger partial charge in [0.25, 0.3) is 0 Å². The van der Waals surface area contributed by atoms with Crippen molar-refractivity contribution in [3.63, 3.8) is 0 Å². The number of rotatable bonds is 6. The van der Waals surface area contributed by atoms with E-state index in [1.54, 1.807) is 0 Å². The summed E-state index contributed by atoms with van der Waals surface area (Å²) < 4.78 is 5.87. The van der Waals surface area contributed by atoms with Gasteiger partial charge in [-0.3, -0.25) is 4.90 Å². The Hall–Kier alpha value is -0.840. The number of hydrogen-bond donors (Lipinski definition) is 1. The Balaban J connectivity index is 1.95. The zero-order chi connectivity index (χ0) is 14.4. The third-order valence-electron chi connectivity index (χ3n) is 3.57. The molecule has 5 heteroatoms. The molecule has 0 amide bonds. The van der Waals surface area contributed by atoms with Crippen molar-refractivity contribution < 1.29 is 4.74 Å². The van der Waals surface area contributed by atoms with E-state index >= 15 is 0 Å². The van der Waals surface area contributed by atoms with Crippen molar-refractivity contribution in [1.82, 2.24) is 9.88 Å². The Morgan fingerprint density at radius 1 is 1.50 bits per heavy atom. The maximum Gasteiger partial charge on any atom is 0.126 e. The van der Waals surface area contributed by atoms with Gasteiger partial charge in [0.2, 0.25) is 0 Å². The molecule has 4 nitrogen and oxygen atoms in total. The van der Waals surface area contributed by atoms with Gasteiger partial charge in [-0.25, -0.2) is 4.98 Å². The highest BCUT2D eigenvalue weighted by Gasteiger charge is 2.21. The molecule has 0 aromatic carbocycles. The Kier molecular flexibility index (Phi) is 6.07. The molecule has 1 atom stereocenters. The summed E-state index contributed by atoms with van der Waals surface area (Å²) in [6.45, 7) is 5.86. The number of anilines is 1. The van der Waals surface area contributed by atoms with Crippen molar-refractivity contribution >= 4 is 17.4 Å². The first-order valence-corrected chi connectivity index (χ1v) is 7.78. The highest BCUT2D eigenvalue weighted by Crippen LogP contribution is 2.21. The summed E-state index contributed by atoms with van der Waals surface area (Å²) in [6.07, 6.45) is 3.77. The van der Waals surface area contributed by atoms with Gasteiger partial charge in [-0.2, -0.15) is 0 Å². The molecule has 1 unspecified atom stereocenters. The van der Waals surface area contributed by atoms with Gasteiger partial charge in [-0.15, -0.1) is 0 Å². The van der Waals surface area contributed by atoms with Gasteiger partial charge in [-0.1, -0.05) is 18.5 Å². The molecule has 1 saturated heterocycles. The standard InChI is InChI=1S/C15H24ClN3O/c1-3-9-20-12-5-4-8-19(10-12)11-14-13(16)6-7-15(17-2)18-14/h6-7,12H,3-5,8-11H2,1-2H3,(H,17,18). The minimum absolute atomic E-state index is 0.356. The highest BCUT2D eigenvalue weighted by molar-refractivity contribution is 6.31. The Morgan fingerprint density at radius 3 is 3.10 bits per heavy atom. The van der Waals surface area contributed by atoms with Gasteiger partial charge in [0.05, 0.1) is 16.8 Å². The molecule has 2 heterocycles. The fourth-order valence-electron chi connectivity index (χ4n) is 2.52. The van der Waals surface area contributed by atoms with E-state index < -0.39 is 0 Å². The third kappa shape index (κ3) is 4.33. The number of likely N-dealkylation sites (tertiary alicyclic amines) is 1. The van der Waals surface area contributed by atoms with Crippen LogP contribution in [-0.4, -0.2) is 42.7 Å². The van der Waals surface area contributed by atoms with E-state index in [1.807, 2.05) is 19.2 Å². The lowest BCUT2D eigenvalue weighted by Gasteiger charge is -2.32. The Labute approximate surface area is 126 Å². The summed E-state index contributed by atoms with van der Waals surface area (Å²) in [7, 11) is 1.87. The number of nitrogens with zero attached hydrogens (tertiary/aromatic N) is 2. The molecule has 1 N–H and O–H groups in total. The molecule has 1 aromatic rings. The summed E-state index contributed by atoms with van der Waals surface area (Å²) in [5.41, 5.74) is 0.939. The second-order valence-corrected chi connectivity index (χ2v) is 5.65. The number of aromatic nitrogens is 1. The number of hydrogen-bond acceptors (Lipinski definition) is 4. The number of pyridine rings is 1. The number of halogens is 1. The molecule has 1 fully saturated rings. The first-order chi connectivity index (χ1) is 9.72. The van der Waals surface area contributed by atoms with Gasteiger partial charge in [-0.05, 0) is 37.9 Å². The second kappa shape index (κ2) is 7.81. The SMILES string of the molecule is CCCOC1CCCN(Cc2nc(NC)ccc2Cl)C1. The fourth-order valence-corrected chi connectivity index (χ4v) is 2.69. The largest absolute Gasteiger partial charge is 0.377 e. The normalized spacial score (nSPS) is 20.1. The molecule has 112 valence electrons. The van der Waals surface area contributed by atoms with Gasteiger partial charge < -0.3 is 10.1 Å². The van der Waals surface area contributed by atoms with Crippen molar-refractivity contribution in [3.8, 4) is 0 Å². The van der Waals surface area contributed by atoms with Crippen molar-refractivity contribution in [2.24, 2.45) is 0 Å². The van der Waals surface area contributed by atoms with E-state index in [2.05, 4.69) is 22.1 Å². The second-order valence-electron chi connectivity index (χ2n) is 5.25. The molecule has 2 rings (SSSR count). The molecule has 1 aliphatic heterocycles. The molecule has 0 spiro atoms. The zero-order valence-electron chi connectivity index (χ0n) is 12.4. The van der Waals surface area contributed by atoms with Crippen LogP contribution in [0.1, 0.15) is 31.9 Å². The number of nitrogens with one attached hydrogen (secondary N) is 1. The van der Waals surface area contributed by atoms with Gasteiger partial charge in [0.15, 0.2) is 0 Å². The molecular weight excluding hydrogens is 274 g/mol. The fraction of sp³-hybridized carbons (Fsp3) is 0.667. The lowest BCUT2D eigenvalue weighted by molar-refractivity contribution is -0.00250. The van der Waals surface area contributed by atoms with Gasteiger partial charge in [0.1, 0.15) is 5.82 Å². The molecule has 0 aliphatic carbocycles. The molecule has 0 bridgehead atoms. The minimum Gasteiger partial charge on any atom is -0.377 e. The van der Waals surface area contributed by atoms with Crippen LogP contribution >= 0.6 is 11.6 Å². The minimum atomic E-state index is 0.356. The van der Waals surface area contributed by atoms with E-state index in [-0.39, 0.29) is 0 Å². The Morgan fingerprint density at radius 2 is 2.35 bits per heavy atom. The lowest BCUT2D eigenvalue weighted by atomic mass is 10.1. The average molecular weight is 298 g/mol. The predicted octanol–water partition coefficient (Wildman–Crippen LogP) is 3.17. The Bertz CT molecular complexity index is 428. The summed E-state index contributed by atoms with van der Waals surface area (Å²) in [4.78, 5) is 6.93. The number of piperidine rings is 1. The van der Waals surface area contributed by atoms with Crippen LogP contribution in [0.2, 0.25) is 5.02 Å². The molecule has 1 aromatic heterocycles. The van der Waals surface area contributed by atoms with Crippen molar-refractivity contribution in [2.75, 3.05) is 32.1 Å². The topological polar surface area (TPSA) is 37.4 Å². The van der Waals surface area contributed by atoms with Crippen molar-refractivity contribution in [3.05, 3.63) is 22.8 Å². The van der Waals surface area contributed by atoms with E-state index in [4.69, 9.17) is 16.3 Å². The summed E-state index contributed by atoms with van der Waals surface area (Å²) in [5.74, 6) is 0.861. The van der Waals surface area contributed by atoms with E-state index in [0.717, 1.165) is 55.6 Å². The van der Waals surface area contributed by atoms with E-state index in [9.17, 15) is 0 Å². The molecular formula is C15H24ClN3O. The van der Waals surface area contributed by atoms with Crippen LogP contribution in [0.4, 0.5) is 5.82 Å². The molecule has 0 saturated carbocycles. The first kappa shape index (κ1) is 15.5. The van der Waals surface area contributed by atoms with Crippen LogP contribution < -0.4 is 5.32 Å². The van der Waals surface area contributed by atoms with Crippen LogP contribution in [0, 0.1) is 0 Å². The van der Waals surface area contributed by atoms with E-state index in [1.165, 1.54) is 6.42 Å². The monoisotopic (exact) mass is 297 g/mol. The smallest absolute Gasteiger partial charge is 0.126 e. The summed E-state index contributed by atoms with van der Waals surface area (Å²) in [5, 5.41) is 3.79. The maximum absolute atomic E-state index is 6.24. The predicted molar refractivity (Wildman–Crippen MR) is 83.3 cm³/mol. The zero-order valence-corrected chi connectivity index (χ0v) is 13.1. The van der Waals surface area contributed by atoms with Crippen LogP contribution in [0.3, 0.4) is 0 Å². The van der Waals surface area contributed by atoms with Crippen LogP contribution in [0.5, 0.6) is 0 Å². The van der Waals surface area contributed by atoms with Gasteiger partial charge >= 0.3 is 0 Å². The summed E-state index contributed by atoms with van der Waals surface area (Å²) >= 11 is 6.24. The molecule has 1 aliphatic rings.